The van der Waals surface area contributed by atoms with Gasteiger partial charge in [-0.15, -0.1) is 0 Å². The number of ether oxygens (including phenoxy) is 3. The van der Waals surface area contributed by atoms with Gasteiger partial charge in [0.2, 0.25) is 0 Å². The summed E-state index contributed by atoms with van der Waals surface area (Å²) in [5.41, 5.74) is 1.61. The van der Waals surface area contributed by atoms with Crippen LogP contribution in [0.15, 0.2) is 42.5 Å². The Balaban J connectivity index is 2.07. The van der Waals surface area contributed by atoms with E-state index in [-0.39, 0.29) is 16.7 Å². The molecule has 0 radical (unpaired) electrons. The molecule has 0 aliphatic rings. The largest absolute Gasteiger partial charge is 0.452 e. The van der Waals surface area contributed by atoms with Crippen LogP contribution in [0.1, 0.15) is 71.4 Å². The van der Waals surface area contributed by atoms with Gasteiger partial charge in [-0.25, -0.2) is 18.8 Å². The summed E-state index contributed by atoms with van der Waals surface area (Å²) in [6.07, 6.45) is 0. The number of carbonyl (C=O) groups is 3. The van der Waals surface area contributed by atoms with E-state index < -0.39 is 46.1 Å². The van der Waals surface area contributed by atoms with Crippen LogP contribution in [0.5, 0.6) is 11.5 Å². The first kappa shape index (κ1) is 32.4. The number of esters is 3. The van der Waals surface area contributed by atoms with Crippen LogP contribution in [0, 0.1) is 41.5 Å². The summed E-state index contributed by atoms with van der Waals surface area (Å²) in [4.78, 5) is 39.7. The van der Waals surface area contributed by atoms with Crippen molar-refractivity contribution in [3.05, 3.63) is 92.5 Å². The van der Waals surface area contributed by atoms with Crippen LogP contribution in [0.2, 0.25) is 0 Å². The zero-order chi connectivity index (χ0) is 31.6. The molecule has 0 heterocycles. The predicted molar refractivity (Wildman–Crippen MR) is 154 cm³/mol. The first-order chi connectivity index (χ1) is 19.4. The molecule has 0 aliphatic heterocycles. The second-order valence-corrected chi connectivity index (χ2v) is 12.2. The van der Waals surface area contributed by atoms with Gasteiger partial charge < -0.3 is 14.2 Å². The Labute approximate surface area is 244 Å². The van der Waals surface area contributed by atoms with E-state index in [0.717, 1.165) is 30.2 Å². The number of carbonyl (C=O) groups excluding carboxylic acids is 3. The molecule has 1 N–H and O–H groups in total. The molecule has 0 amide bonds. The first-order valence-corrected chi connectivity index (χ1v) is 14.5. The van der Waals surface area contributed by atoms with Crippen molar-refractivity contribution in [3.63, 3.8) is 0 Å². The third-order valence-corrected chi connectivity index (χ3v) is 7.32. The van der Waals surface area contributed by atoms with E-state index in [0.29, 0.717) is 33.8 Å². The summed E-state index contributed by atoms with van der Waals surface area (Å²) in [7, 11) is -4.72. The van der Waals surface area contributed by atoms with Crippen molar-refractivity contribution < 1.29 is 46.0 Å². The fourth-order valence-corrected chi connectivity index (χ4v) is 5.61. The van der Waals surface area contributed by atoms with E-state index in [1.54, 1.807) is 27.7 Å². The van der Waals surface area contributed by atoms with Gasteiger partial charge in [0.1, 0.15) is 23.9 Å². The van der Waals surface area contributed by atoms with Gasteiger partial charge in [0.25, 0.3) is 10.1 Å². The Kier molecular flexibility index (Phi) is 9.59. The fourth-order valence-electron chi connectivity index (χ4n) is 4.70. The Morgan fingerprint density at radius 2 is 1.02 bits per heavy atom. The molecule has 1 atom stereocenters. The van der Waals surface area contributed by atoms with E-state index in [9.17, 15) is 31.7 Å². The van der Waals surface area contributed by atoms with Crippen LogP contribution in [0.3, 0.4) is 0 Å². The van der Waals surface area contributed by atoms with Crippen molar-refractivity contribution in [2.45, 2.75) is 54.1 Å². The van der Waals surface area contributed by atoms with Crippen LogP contribution in [0.4, 0.5) is 4.39 Å². The van der Waals surface area contributed by atoms with E-state index in [1.165, 1.54) is 6.07 Å². The molecule has 0 aliphatic carbocycles. The predicted octanol–water partition coefficient (Wildman–Crippen LogP) is 5.75. The number of aryl methyl sites for hydroxylation is 6. The highest BCUT2D eigenvalue weighted by molar-refractivity contribution is 7.85. The van der Waals surface area contributed by atoms with E-state index in [4.69, 9.17) is 14.2 Å². The molecule has 224 valence electrons. The average molecular weight is 601 g/mol. The Morgan fingerprint density at radius 1 is 0.690 bits per heavy atom. The van der Waals surface area contributed by atoms with Crippen LogP contribution in [-0.2, 0) is 14.9 Å². The van der Waals surface area contributed by atoms with Gasteiger partial charge in [-0.2, -0.15) is 8.42 Å². The summed E-state index contributed by atoms with van der Waals surface area (Å²) in [5, 5.41) is 0. The van der Waals surface area contributed by atoms with Crippen LogP contribution >= 0.6 is 0 Å². The zero-order valence-electron chi connectivity index (χ0n) is 24.5. The molecule has 0 aromatic heterocycles. The summed E-state index contributed by atoms with van der Waals surface area (Å²) in [5.74, 6) is -3.66. The van der Waals surface area contributed by atoms with E-state index in [1.807, 2.05) is 38.1 Å². The van der Waals surface area contributed by atoms with Gasteiger partial charge in [-0.3, -0.25) is 4.55 Å². The van der Waals surface area contributed by atoms with Crippen molar-refractivity contribution in [3.8, 4) is 11.5 Å². The lowest BCUT2D eigenvalue weighted by Gasteiger charge is -2.25. The molecule has 0 spiro atoms. The van der Waals surface area contributed by atoms with Gasteiger partial charge >= 0.3 is 17.9 Å². The highest BCUT2D eigenvalue weighted by Gasteiger charge is 2.35. The Morgan fingerprint density at radius 3 is 1.33 bits per heavy atom. The fraction of sp³-hybridized carbons (Fsp3) is 0.323. The summed E-state index contributed by atoms with van der Waals surface area (Å²) < 4.78 is 62.1. The average Bonchev–Trinajstić information content (AvgIpc) is 2.86. The van der Waals surface area contributed by atoms with Crippen LogP contribution in [0.25, 0.3) is 0 Å². The van der Waals surface area contributed by atoms with E-state index in [2.05, 4.69) is 0 Å². The number of rotatable bonds is 9. The minimum absolute atomic E-state index is 0.218. The standard InChI is InChI=1S/C31H33FO9S/c1-17-8-19(3)26(20(4)9-17)39-28(33)23-12-24(29(34)40-27-21(5)10-18(2)11-22(27)6)14-25(13-23)30(35)41-31(7,15-32)16-42(36,37)38/h8-14H,15-16H2,1-7H3,(H,36,37,38). The van der Waals surface area contributed by atoms with Crippen molar-refractivity contribution in [2.24, 2.45) is 0 Å². The molecule has 3 rings (SSSR count). The molecule has 11 heteroatoms. The topological polar surface area (TPSA) is 133 Å². The minimum atomic E-state index is -4.72. The summed E-state index contributed by atoms with van der Waals surface area (Å²) in [6.45, 7) is 10.4. The molecular weight excluding hydrogens is 567 g/mol. The number of hydrogen-bond donors (Lipinski definition) is 1. The molecule has 3 aromatic carbocycles. The lowest BCUT2D eigenvalue weighted by molar-refractivity contribution is -0.0101. The number of hydrogen-bond acceptors (Lipinski definition) is 8. The van der Waals surface area contributed by atoms with Gasteiger partial charge in [0.05, 0.1) is 16.7 Å². The van der Waals surface area contributed by atoms with Crippen LogP contribution in [-0.4, -0.2) is 48.9 Å². The zero-order valence-corrected chi connectivity index (χ0v) is 25.3. The lowest BCUT2D eigenvalue weighted by atomic mass is 10.0. The van der Waals surface area contributed by atoms with Gasteiger partial charge in [-0.05, 0) is 88.9 Å². The molecule has 42 heavy (non-hydrogen) atoms. The van der Waals surface area contributed by atoms with Crippen molar-refractivity contribution >= 4 is 28.0 Å². The Bertz CT molecular complexity index is 1540. The summed E-state index contributed by atoms with van der Waals surface area (Å²) >= 11 is 0. The second kappa shape index (κ2) is 12.4. The number of benzene rings is 3. The molecule has 9 nitrogen and oxygen atoms in total. The van der Waals surface area contributed by atoms with Gasteiger partial charge in [0, 0.05) is 0 Å². The minimum Gasteiger partial charge on any atom is -0.452 e. The van der Waals surface area contributed by atoms with E-state index >= 15 is 0 Å². The Hall–Kier alpha value is -4.09. The number of halogens is 1. The summed E-state index contributed by atoms with van der Waals surface area (Å²) in [6, 6.07) is 10.6. The van der Waals surface area contributed by atoms with Gasteiger partial charge in [-0.1, -0.05) is 35.4 Å². The molecule has 0 bridgehead atoms. The molecule has 0 saturated heterocycles. The second-order valence-electron chi connectivity index (χ2n) is 10.7. The maximum absolute atomic E-state index is 13.8. The monoisotopic (exact) mass is 600 g/mol. The number of alkyl halides is 1. The maximum atomic E-state index is 13.8. The normalized spacial score (nSPS) is 12.8. The van der Waals surface area contributed by atoms with Gasteiger partial charge in [0.15, 0.2) is 5.60 Å². The molecular formula is C31H33FO9S. The van der Waals surface area contributed by atoms with Crippen LogP contribution < -0.4 is 9.47 Å². The molecule has 1 unspecified atom stereocenters. The third-order valence-electron chi connectivity index (χ3n) is 6.35. The van der Waals surface area contributed by atoms with Crippen molar-refractivity contribution in [2.75, 3.05) is 12.4 Å². The highest BCUT2D eigenvalue weighted by atomic mass is 32.2. The smallest absolute Gasteiger partial charge is 0.343 e. The van der Waals surface area contributed by atoms with Crippen molar-refractivity contribution in [1.29, 1.82) is 0 Å². The quantitative estimate of drug-likeness (QED) is 0.185. The third kappa shape index (κ3) is 8.01. The molecule has 3 aromatic rings. The molecule has 0 saturated carbocycles. The highest BCUT2D eigenvalue weighted by Crippen LogP contribution is 2.28. The lowest BCUT2D eigenvalue weighted by Crippen LogP contribution is -2.41. The SMILES string of the molecule is Cc1cc(C)c(OC(=O)c2cc(C(=O)Oc3c(C)cc(C)cc3C)cc(C(=O)OC(C)(CF)CS(=O)(=O)O)c2)c(C)c1. The molecule has 0 fully saturated rings. The van der Waals surface area contributed by atoms with Crippen molar-refractivity contribution in [1.82, 2.24) is 0 Å². The first-order valence-electron chi connectivity index (χ1n) is 12.9. The maximum Gasteiger partial charge on any atom is 0.343 e.